The average molecular weight is 393 g/mol. The maximum atomic E-state index is 12.9. The number of carboxylic acids is 1. The number of ether oxygens (including phenoxy) is 1. The van der Waals surface area contributed by atoms with Crippen molar-refractivity contribution in [2.45, 2.75) is 44.1 Å². The molecule has 1 aromatic heterocycles. The molecule has 1 aliphatic carbocycles. The Labute approximate surface area is 152 Å². The van der Waals surface area contributed by atoms with Crippen LogP contribution in [0, 0.1) is 5.92 Å². The van der Waals surface area contributed by atoms with Crippen molar-refractivity contribution in [2.75, 3.05) is 11.9 Å². The Morgan fingerprint density at radius 3 is 2.56 bits per heavy atom. The highest BCUT2D eigenvalue weighted by Crippen LogP contribution is 2.25. The molecular formula is C16H19F4N3O4. The van der Waals surface area contributed by atoms with Crippen LogP contribution in [-0.2, 0) is 4.79 Å². The molecule has 0 bridgehead atoms. The van der Waals surface area contributed by atoms with Crippen molar-refractivity contribution < 1.29 is 37.0 Å². The van der Waals surface area contributed by atoms with E-state index in [0.29, 0.717) is 25.7 Å². The van der Waals surface area contributed by atoms with Crippen LogP contribution in [0.4, 0.5) is 28.0 Å². The summed E-state index contributed by atoms with van der Waals surface area (Å²) in [6, 6.07) is 1.76. The number of halogens is 4. The molecule has 1 aliphatic rings. The highest BCUT2D eigenvalue weighted by molar-refractivity contribution is 5.89. The quantitative estimate of drug-likeness (QED) is 0.618. The number of nitrogens with zero attached hydrogens (tertiary/aromatic N) is 1. The molecule has 11 heteroatoms. The Balaban J connectivity index is 1.83. The third kappa shape index (κ3) is 6.26. The van der Waals surface area contributed by atoms with Crippen molar-refractivity contribution in [2.24, 2.45) is 5.92 Å². The van der Waals surface area contributed by atoms with Crippen LogP contribution in [0.2, 0.25) is 0 Å². The summed E-state index contributed by atoms with van der Waals surface area (Å²) in [6.45, 7) is -1.54. The summed E-state index contributed by atoms with van der Waals surface area (Å²) in [5.74, 6) is -5.90. The lowest BCUT2D eigenvalue weighted by Gasteiger charge is -2.26. The second kappa shape index (κ2) is 8.87. The summed E-state index contributed by atoms with van der Waals surface area (Å²) in [4.78, 5) is 26.5. The number of carbonyl (C=O) groups is 2. The number of anilines is 1. The van der Waals surface area contributed by atoms with E-state index in [1.807, 2.05) is 0 Å². The molecule has 0 aliphatic heterocycles. The summed E-state index contributed by atoms with van der Waals surface area (Å²) in [7, 11) is 0. The largest absolute Gasteiger partial charge is 0.481 e. The first-order valence-corrected chi connectivity index (χ1v) is 8.22. The van der Waals surface area contributed by atoms with Crippen LogP contribution in [-0.4, -0.2) is 47.1 Å². The van der Waals surface area contributed by atoms with Gasteiger partial charge in [-0.2, -0.15) is 8.78 Å². The van der Waals surface area contributed by atoms with Crippen molar-refractivity contribution in [3.8, 4) is 5.88 Å². The Bertz CT molecular complexity index is 667. The first kappa shape index (κ1) is 20.7. The lowest BCUT2D eigenvalue weighted by molar-refractivity contribution is -0.148. The predicted octanol–water partition coefficient (Wildman–Crippen LogP) is 3.13. The maximum Gasteiger partial charge on any atom is 0.340 e. The fourth-order valence-electron chi connectivity index (χ4n) is 2.64. The normalized spacial score (nSPS) is 20.2. The van der Waals surface area contributed by atoms with Crippen molar-refractivity contribution >= 4 is 17.7 Å². The molecule has 150 valence electrons. The number of nitrogens with one attached hydrogen (secondary N) is 2. The van der Waals surface area contributed by atoms with Crippen LogP contribution in [0.3, 0.4) is 0 Å². The second-order valence-electron chi connectivity index (χ2n) is 6.22. The van der Waals surface area contributed by atoms with Gasteiger partial charge in [0, 0.05) is 24.0 Å². The van der Waals surface area contributed by atoms with Gasteiger partial charge in [0.25, 0.3) is 0 Å². The molecule has 2 amide bonds. The second-order valence-corrected chi connectivity index (χ2v) is 6.22. The van der Waals surface area contributed by atoms with Crippen molar-refractivity contribution in [3.63, 3.8) is 0 Å². The van der Waals surface area contributed by atoms with Crippen LogP contribution in [0.1, 0.15) is 25.7 Å². The number of amides is 2. The molecule has 27 heavy (non-hydrogen) atoms. The van der Waals surface area contributed by atoms with Crippen molar-refractivity contribution in [1.29, 1.82) is 0 Å². The van der Waals surface area contributed by atoms with Gasteiger partial charge in [-0.15, -0.1) is 0 Å². The van der Waals surface area contributed by atoms with Gasteiger partial charge in [-0.1, -0.05) is 0 Å². The van der Waals surface area contributed by atoms with E-state index in [1.54, 1.807) is 0 Å². The standard InChI is InChI=1S/C16H19F4N3O4/c17-14(18)16(19,20)8-27-12-7-11(5-6-21-12)23-15(26)22-10-3-1-9(2-4-10)13(24)25/h5-7,9-10,14H,1-4,8H2,(H,24,25)(H2,21,22,23,26). The Hall–Kier alpha value is -2.59. The number of hydrogen-bond acceptors (Lipinski definition) is 4. The molecule has 0 aromatic carbocycles. The molecule has 0 unspecified atom stereocenters. The Morgan fingerprint density at radius 2 is 1.96 bits per heavy atom. The summed E-state index contributed by atoms with van der Waals surface area (Å²) in [5, 5.41) is 14.1. The molecule has 1 heterocycles. The van der Waals surface area contributed by atoms with E-state index in [4.69, 9.17) is 5.11 Å². The van der Waals surface area contributed by atoms with Gasteiger partial charge in [0.2, 0.25) is 5.88 Å². The van der Waals surface area contributed by atoms with Crippen molar-refractivity contribution in [1.82, 2.24) is 10.3 Å². The van der Waals surface area contributed by atoms with E-state index in [1.165, 1.54) is 12.3 Å². The van der Waals surface area contributed by atoms with Crippen LogP contribution in [0.25, 0.3) is 0 Å². The molecule has 1 fully saturated rings. The summed E-state index contributed by atoms with van der Waals surface area (Å²) >= 11 is 0. The minimum Gasteiger partial charge on any atom is -0.481 e. The lowest BCUT2D eigenvalue weighted by Crippen LogP contribution is -2.41. The molecule has 0 spiro atoms. The fraction of sp³-hybridized carbons (Fsp3) is 0.562. The van der Waals surface area contributed by atoms with Crippen LogP contribution in [0.5, 0.6) is 5.88 Å². The number of hydrogen-bond donors (Lipinski definition) is 3. The fourth-order valence-corrected chi connectivity index (χ4v) is 2.64. The molecule has 0 atom stereocenters. The van der Waals surface area contributed by atoms with Gasteiger partial charge < -0.3 is 20.5 Å². The van der Waals surface area contributed by atoms with E-state index in [-0.39, 0.29) is 17.6 Å². The highest BCUT2D eigenvalue weighted by Gasteiger charge is 2.41. The van der Waals surface area contributed by atoms with E-state index >= 15 is 0 Å². The van der Waals surface area contributed by atoms with Gasteiger partial charge in [0.05, 0.1) is 5.92 Å². The first-order valence-electron chi connectivity index (χ1n) is 8.22. The van der Waals surface area contributed by atoms with Crippen LogP contribution in [0.15, 0.2) is 18.3 Å². The van der Waals surface area contributed by atoms with Gasteiger partial charge in [0.15, 0.2) is 6.61 Å². The topological polar surface area (TPSA) is 101 Å². The average Bonchev–Trinajstić information content (AvgIpc) is 2.60. The zero-order valence-electron chi connectivity index (χ0n) is 14.1. The molecule has 0 radical (unpaired) electrons. The minimum atomic E-state index is -4.31. The van der Waals surface area contributed by atoms with E-state index < -0.39 is 36.9 Å². The summed E-state index contributed by atoms with van der Waals surface area (Å²) in [5.41, 5.74) is 0.178. The monoisotopic (exact) mass is 393 g/mol. The van der Waals surface area contributed by atoms with Crippen LogP contribution >= 0.6 is 0 Å². The van der Waals surface area contributed by atoms with E-state index in [2.05, 4.69) is 20.4 Å². The zero-order chi connectivity index (χ0) is 20.0. The Morgan fingerprint density at radius 1 is 1.30 bits per heavy atom. The van der Waals surface area contributed by atoms with Crippen molar-refractivity contribution in [3.05, 3.63) is 18.3 Å². The number of pyridine rings is 1. The Kier molecular flexibility index (Phi) is 6.81. The number of rotatable bonds is 7. The van der Waals surface area contributed by atoms with E-state index in [9.17, 15) is 27.2 Å². The molecule has 3 N–H and O–H groups in total. The van der Waals surface area contributed by atoms with E-state index in [0.717, 1.165) is 6.07 Å². The summed E-state index contributed by atoms with van der Waals surface area (Å²) in [6.07, 6.45) is -0.711. The van der Waals surface area contributed by atoms with Gasteiger partial charge >= 0.3 is 24.3 Å². The molecule has 0 saturated heterocycles. The molecule has 1 saturated carbocycles. The van der Waals surface area contributed by atoms with Gasteiger partial charge in [-0.3, -0.25) is 4.79 Å². The third-order valence-corrected chi connectivity index (χ3v) is 4.14. The minimum absolute atomic E-state index is 0.178. The van der Waals surface area contributed by atoms with Gasteiger partial charge in [0.1, 0.15) is 0 Å². The first-order chi connectivity index (χ1) is 12.7. The van der Waals surface area contributed by atoms with Crippen LogP contribution < -0.4 is 15.4 Å². The number of urea groups is 1. The molecule has 2 rings (SSSR count). The lowest BCUT2D eigenvalue weighted by atomic mass is 9.86. The molecule has 1 aromatic rings. The number of alkyl halides is 4. The maximum absolute atomic E-state index is 12.9. The molecule has 7 nitrogen and oxygen atoms in total. The summed E-state index contributed by atoms with van der Waals surface area (Å²) < 4.78 is 54.5. The highest BCUT2D eigenvalue weighted by atomic mass is 19.3. The smallest absolute Gasteiger partial charge is 0.340 e. The van der Waals surface area contributed by atoms with Gasteiger partial charge in [-0.25, -0.2) is 18.6 Å². The number of aliphatic carboxylic acids is 1. The zero-order valence-corrected chi connectivity index (χ0v) is 14.1. The number of carboxylic acid groups (broad SMARTS) is 1. The van der Waals surface area contributed by atoms with Gasteiger partial charge in [-0.05, 0) is 31.7 Å². The SMILES string of the molecule is O=C(Nc1ccnc(OCC(F)(F)C(F)F)c1)NC1CCC(C(=O)O)CC1. The predicted molar refractivity (Wildman–Crippen MR) is 86.2 cm³/mol. The number of aromatic nitrogens is 1. The third-order valence-electron chi connectivity index (χ3n) is 4.14. The number of carbonyl (C=O) groups excluding carboxylic acids is 1. The molecular weight excluding hydrogens is 374 g/mol.